The van der Waals surface area contributed by atoms with Crippen LogP contribution < -0.4 is 4.74 Å². The third-order valence-electron chi connectivity index (χ3n) is 4.98. The lowest BCUT2D eigenvalue weighted by molar-refractivity contribution is -0.275. The lowest BCUT2D eigenvalue weighted by Gasteiger charge is -2.37. The van der Waals surface area contributed by atoms with E-state index in [0.717, 1.165) is 22.9 Å². The van der Waals surface area contributed by atoms with Gasteiger partial charge in [0.15, 0.2) is 0 Å². The molecule has 0 spiro atoms. The van der Waals surface area contributed by atoms with E-state index in [9.17, 15) is 26.4 Å². The molecule has 9 nitrogen and oxygen atoms in total. The Morgan fingerprint density at radius 2 is 1.93 bits per heavy atom. The Balaban J connectivity index is 1.42. The monoisotopic (exact) mass is 445 g/mol. The van der Waals surface area contributed by atoms with Gasteiger partial charge in [0.05, 0.1) is 18.8 Å². The highest BCUT2D eigenvalue weighted by Crippen LogP contribution is 2.34. The zero-order chi connectivity index (χ0) is 21.5. The summed E-state index contributed by atoms with van der Waals surface area (Å²) in [6.07, 6.45) is -2.02. The molecular weight excluding hydrogens is 427 g/mol. The van der Waals surface area contributed by atoms with Gasteiger partial charge in [0.1, 0.15) is 16.3 Å². The van der Waals surface area contributed by atoms with E-state index >= 15 is 0 Å². The molecule has 0 unspecified atom stereocenters. The molecule has 0 atom stereocenters. The number of hydrogen-bond acceptors (Lipinski definition) is 6. The topological polar surface area (TPSA) is 97.6 Å². The smallest absolute Gasteiger partial charge is 0.404 e. The van der Waals surface area contributed by atoms with Crippen LogP contribution in [-0.2, 0) is 21.4 Å². The van der Waals surface area contributed by atoms with Gasteiger partial charge in [-0.1, -0.05) is 17.3 Å². The lowest BCUT2D eigenvalue weighted by Crippen LogP contribution is -2.50. The molecule has 4 rings (SSSR count). The number of amides is 1. The van der Waals surface area contributed by atoms with Crippen LogP contribution in [0, 0.1) is 0 Å². The minimum atomic E-state index is -5.00. The molecule has 0 saturated carbocycles. The Morgan fingerprint density at radius 1 is 1.20 bits per heavy atom. The highest BCUT2D eigenvalue weighted by molar-refractivity contribution is 7.89. The maximum absolute atomic E-state index is 12.8. The Bertz CT molecular complexity index is 1050. The van der Waals surface area contributed by atoms with Crippen LogP contribution >= 0.6 is 0 Å². The van der Waals surface area contributed by atoms with Gasteiger partial charge in [-0.3, -0.25) is 4.79 Å². The maximum atomic E-state index is 12.8. The summed E-state index contributed by atoms with van der Waals surface area (Å²) in [6.45, 7) is 1.08. The van der Waals surface area contributed by atoms with Crippen LogP contribution in [-0.4, -0.2) is 64.5 Å². The number of hydrogen-bond donors (Lipinski definition) is 0. The van der Waals surface area contributed by atoms with Gasteiger partial charge in [0.2, 0.25) is 15.9 Å². The fourth-order valence-electron chi connectivity index (χ4n) is 3.42. The number of carbonyl (C=O) groups excluding carboxylic acids is 1. The van der Waals surface area contributed by atoms with Gasteiger partial charge in [0, 0.05) is 26.1 Å². The van der Waals surface area contributed by atoms with Crippen LogP contribution in [0.25, 0.3) is 0 Å². The van der Waals surface area contributed by atoms with E-state index in [2.05, 4.69) is 15.0 Å². The van der Waals surface area contributed by atoms with Gasteiger partial charge >= 0.3 is 6.36 Å². The molecule has 1 aromatic heterocycles. The Kier molecular flexibility index (Phi) is 5.18. The van der Waals surface area contributed by atoms with Crippen LogP contribution in [0.5, 0.6) is 5.75 Å². The second kappa shape index (κ2) is 7.54. The summed E-state index contributed by atoms with van der Waals surface area (Å²) in [5, 5.41) is 8.02. The second-order valence-electron chi connectivity index (χ2n) is 7.08. The van der Waals surface area contributed by atoms with Crippen molar-refractivity contribution in [3.05, 3.63) is 36.2 Å². The SMILES string of the molecule is O=C1CCCN1Cc1cn(C2CN(S(=O)(=O)c3ccccc3OC(F)(F)F)C2)nn1. The Labute approximate surface area is 170 Å². The molecule has 0 N–H and O–H groups in total. The molecule has 30 heavy (non-hydrogen) atoms. The average molecular weight is 445 g/mol. The van der Waals surface area contributed by atoms with E-state index in [0.29, 0.717) is 25.2 Å². The minimum Gasteiger partial charge on any atom is -0.404 e. The molecule has 162 valence electrons. The molecule has 0 aliphatic carbocycles. The van der Waals surface area contributed by atoms with Crippen molar-refractivity contribution >= 4 is 15.9 Å². The van der Waals surface area contributed by atoms with Crippen molar-refractivity contribution in [3.8, 4) is 5.75 Å². The number of halogens is 3. The van der Waals surface area contributed by atoms with Crippen molar-refractivity contribution in [1.29, 1.82) is 0 Å². The van der Waals surface area contributed by atoms with Crippen molar-refractivity contribution in [2.75, 3.05) is 19.6 Å². The molecule has 1 amide bonds. The highest BCUT2D eigenvalue weighted by Gasteiger charge is 2.41. The first kappa shape index (κ1) is 20.6. The van der Waals surface area contributed by atoms with Crippen LogP contribution in [0.3, 0.4) is 0 Å². The number of likely N-dealkylation sites (tertiary alicyclic amines) is 1. The van der Waals surface area contributed by atoms with Crippen molar-refractivity contribution in [2.24, 2.45) is 0 Å². The van der Waals surface area contributed by atoms with E-state index in [1.807, 2.05) is 0 Å². The number of carbonyl (C=O) groups is 1. The van der Waals surface area contributed by atoms with E-state index in [4.69, 9.17) is 0 Å². The number of aromatic nitrogens is 3. The first-order chi connectivity index (χ1) is 14.1. The normalized spacial score (nSPS) is 18.6. The van der Waals surface area contributed by atoms with Crippen LogP contribution in [0.15, 0.2) is 35.4 Å². The fraction of sp³-hybridized carbons (Fsp3) is 0.471. The van der Waals surface area contributed by atoms with Crippen molar-refractivity contribution in [2.45, 2.75) is 36.7 Å². The number of sulfonamides is 1. The van der Waals surface area contributed by atoms with Gasteiger partial charge in [-0.2, -0.15) is 4.31 Å². The number of nitrogens with zero attached hydrogens (tertiary/aromatic N) is 5. The lowest BCUT2D eigenvalue weighted by atomic mass is 10.2. The van der Waals surface area contributed by atoms with Gasteiger partial charge in [-0.25, -0.2) is 13.1 Å². The standard InChI is InChI=1S/C17H18F3N5O4S/c18-17(19,20)29-14-4-1-2-5-15(14)30(27,28)24-10-13(11-24)25-9-12(21-22-25)8-23-7-3-6-16(23)26/h1-2,4-5,9,13H,3,6-8,10-11H2. The summed E-state index contributed by atoms with van der Waals surface area (Å²) in [7, 11) is -4.17. The van der Waals surface area contributed by atoms with Crippen LogP contribution in [0.2, 0.25) is 0 Å². The predicted octanol–water partition coefficient (Wildman–Crippen LogP) is 1.54. The summed E-state index contributed by atoms with van der Waals surface area (Å²) in [5.41, 5.74) is 0.593. The van der Waals surface area contributed by atoms with Gasteiger partial charge in [-0.05, 0) is 18.6 Å². The molecule has 1 aromatic carbocycles. The summed E-state index contributed by atoms with van der Waals surface area (Å²) in [4.78, 5) is 12.8. The Morgan fingerprint density at radius 3 is 2.60 bits per heavy atom. The molecule has 2 aromatic rings. The Hall–Kier alpha value is -2.67. The van der Waals surface area contributed by atoms with Crippen molar-refractivity contribution < 1.29 is 31.1 Å². The van der Waals surface area contributed by atoms with Crippen molar-refractivity contribution in [3.63, 3.8) is 0 Å². The molecule has 0 radical (unpaired) electrons. The van der Waals surface area contributed by atoms with Gasteiger partial charge in [0.25, 0.3) is 0 Å². The van der Waals surface area contributed by atoms with Crippen LogP contribution in [0.1, 0.15) is 24.6 Å². The van der Waals surface area contributed by atoms with Crippen LogP contribution in [0.4, 0.5) is 13.2 Å². The number of alkyl halides is 3. The molecule has 2 aliphatic heterocycles. The fourth-order valence-corrected chi connectivity index (χ4v) is 5.05. The predicted molar refractivity (Wildman–Crippen MR) is 95.6 cm³/mol. The van der Waals surface area contributed by atoms with E-state index < -0.39 is 27.0 Å². The number of ether oxygens (including phenoxy) is 1. The molecular formula is C17H18F3N5O4S. The zero-order valence-electron chi connectivity index (χ0n) is 15.6. The highest BCUT2D eigenvalue weighted by atomic mass is 32.2. The molecule has 3 heterocycles. The number of benzene rings is 1. The first-order valence-corrected chi connectivity index (χ1v) is 10.6. The van der Waals surface area contributed by atoms with Gasteiger partial charge in [-0.15, -0.1) is 18.3 Å². The largest absolute Gasteiger partial charge is 0.573 e. The number of rotatable bonds is 6. The van der Waals surface area contributed by atoms with Gasteiger partial charge < -0.3 is 9.64 Å². The molecule has 2 fully saturated rings. The van der Waals surface area contributed by atoms with E-state index in [1.54, 1.807) is 11.1 Å². The van der Waals surface area contributed by atoms with E-state index in [-0.39, 0.29) is 25.0 Å². The third kappa shape index (κ3) is 4.12. The molecule has 13 heteroatoms. The van der Waals surface area contributed by atoms with Crippen molar-refractivity contribution in [1.82, 2.24) is 24.2 Å². The molecule has 2 saturated heterocycles. The van der Waals surface area contributed by atoms with E-state index in [1.165, 1.54) is 16.8 Å². The molecule has 2 aliphatic rings. The third-order valence-corrected chi connectivity index (χ3v) is 6.85. The minimum absolute atomic E-state index is 0.0358. The summed E-state index contributed by atoms with van der Waals surface area (Å²) in [5.74, 6) is -0.711. The first-order valence-electron chi connectivity index (χ1n) is 9.17. The summed E-state index contributed by atoms with van der Waals surface area (Å²) in [6, 6.07) is 4.33. The zero-order valence-corrected chi connectivity index (χ0v) is 16.4. The average Bonchev–Trinajstić information content (AvgIpc) is 3.22. The summed E-state index contributed by atoms with van der Waals surface area (Å²) < 4.78 is 69.7. The maximum Gasteiger partial charge on any atom is 0.573 e. The number of para-hydroxylation sites is 1. The second-order valence-corrected chi connectivity index (χ2v) is 8.99. The molecule has 0 bridgehead atoms. The quantitative estimate of drug-likeness (QED) is 0.669. The summed E-state index contributed by atoms with van der Waals surface area (Å²) >= 11 is 0.